The summed E-state index contributed by atoms with van der Waals surface area (Å²) in [5.41, 5.74) is -2.41. The molecule has 20 atom stereocenters. The highest BCUT2D eigenvalue weighted by Gasteiger charge is 2.77. The maximum Gasteiger partial charge on any atom is 0.303 e. The van der Waals surface area contributed by atoms with Crippen LogP contribution in [0.15, 0.2) is 0 Å². The lowest BCUT2D eigenvalue weighted by atomic mass is 9.30. The van der Waals surface area contributed by atoms with E-state index in [1.54, 1.807) is 0 Å². The van der Waals surface area contributed by atoms with Crippen LogP contribution in [0.1, 0.15) is 157 Å². The van der Waals surface area contributed by atoms with Gasteiger partial charge in [-0.15, -0.1) is 0 Å². The molecule has 8 saturated carbocycles. The molecule has 8 rings (SSSR count). The van der Waals surface area contributed by atoms with Crippen molar-refractivity contribution in [3.05, 3.63) is 0 Å². The first-order chi connectivity index (χ1) is 27.4. The van der Waals surface area contributed by atoms with Crippen LogP contribution in [0, 0.1) is 98.1 Å². The number of aliphatic carboxylic acids is 2. The van der Waals surface area contributed by atoms with Crippen molar-refractivity contribution < 1.29 is 55.5 Å². The van der Waals surface area contributed by atoms with Gasteiger partial charge in [0.25, 0.3) is 0 Å². The Bertz CT molecular complexity index is 1630. The minimum atomic E-state index is -2.11. The molecule has 0 aromatic carbocycles. The van der Waals surface area contributed by atoms with Crippen LogP contribution in [-0.4, -0.2) is 87.8 Å². The van der Waals surface area contributed by atoms with Crippen LogP contribution in [0.4, 0.5) is 0 Å². The largest absolute Gasteiger partial charge is 0.481 e. The van der Waals surface area contributed by atoms with E-state index in [4.69, 9.17) is 0 Å². The molecule has 336 valence electrons. The Morgan fingerprint density at radius 3 is 1.90 bits per heavy atom. The molecule has 0 radical (unpaired) electrons. The molecule has 11 nitrogen and oxygen atoms in total. The van der Waals surface area contributed by atoms with Gasteiger partial charge in [-0.3, -0.25) is 9.59 Å². The third kappa shape index (κ3) is 6.40. The Kier molecular flexibility index (Phi) is 11.0. The molecule has 5 unspecified atom stereocenters. The quantitative estimate of drug-likeness (QED) is 0.120. The zero-order valence-corrected chi connectivity index (χ0v) is 36.7. The highest BCUT2D eigenvalue weighted by Crippen LogP contribution is 2.79. The second kappa shape index (κ2) is 14.6. The fourth-order valence-electron chi connectivity index (χ4n) is 19.2. The summed E-state index contributed by atoms with van der Waals surface area (Å²) in [5, 5.41) is 105. The molecule has 0 aromatic heterocycles. The van der Waals surface area contributed by atoms with Crippen molar-refractivity contribution >= 4 is 11.9 Å². The van der Waals surface area contributed by atoms with Gasteiger partial charge < -0.3 is 46.0 Å². The molecule has 0 spiro atoms. The monoisotopic (exact) mass is 831 g/mol. The number of carboxylic acids is 2. The number of carboxylic acid groups (broad SMARTS) is 2. The molecule has 0 bridgehead atoms. The van der Waals surface area contributed by atoms with Crippen molar-refractivity contribution in [3.8, 4) is 0 Å². The SMILES string of the molecule is C[C@H](CCC(=O)O)[C@H]1CC[C@H]2[C@@H]3[C@H](O)CC4(C5CC(O)(O)C[C@H]6CC(O)(O)C7C(C[C@H](O)[C@@]8(C)C7CC[C@@H]8[C@H](C)CCC(=O)O)[C@@]56C)C[C@H](O)CC[C@]4(C)[C@H]3CC[C@]12C. The number of aliphatic hydroxyl groups excluding tert-OH is 3. The Morgan fingerprint density at radius 2 is 1.25 bits per heavy atom. The lowest BCUT2D eigenvalue weighted by Gasteiger charge is -2.75. The Hall–Kier alpha value is -1.34. The van der Waals surface area contributed by atoms with Gasteiger partial charge in [-0.1, -0.05) is 41.5 Å². The summed E-state index contributed by atoms with van der Waals surface area (Å²) in [6.07, 6.45) is 7.18. The van der Waals surface area contributed by atoms with Crippen LogP contribution in [0.5, 0.6) is 0 Å². The van der Waals surface area contributed by atoms with Crippen molar-refractivity contribution in [1.29, 1.82) is 0 Å². The number of hydrogen-bond acceptors (Lipinski definition) is 9. The number of rotatable bonds is 9. The fraction of sp³-hybridized carbons (Fsp3) is 0.958. The van der Waals surface area contributed by atoms with E-state index < -0.39 is 75.8 Å². The van der Waals surface area contributed by atoms with Crippen LogP contribution in [-0.2, 0) is 9.59 Å². The average molecular weight is 831 g/mol. The summed E-state index contributed by atoms with van der Waals surface area (Å²) < 4.78 is 0. The first kappa shape index (κ1) is 44.3. The van der Waals surface area contributed by atoms with Gasteiger partial charge >= 0.3 is 11.9 Å². The molecule has 8 aliphatic rings. The Morgan fingerprint density at radius 1 is 0.644 bits per heavy atom. The topological polar surface area (TPSA) is 216 Å². The minimum Gasteiger partial charge on any atom is -0.481 e. The van der Waals surface area contributed by atoms with Gasteiger partial charge in [-0.2, -0.15) is 0 Å². The molecule has 0 heterocycles. The van der Waals surface area contributed by atoms with Gasteiger partial charge in [0.05, 0.1) is 18.3 Å². The number of fused-ring (bicyclic) bond motifs is 10. The van der Waals surface area contributed by atoms with Crippen LogP contribution in [0.25, 0.3) is 0 Å². The zero-order valence-electron chi connectivity index (χ0n) is 36.7. The molecule has 59 heavy (non-hydrogen) atoms. The van der Waals surface area contributed by atoms with E-state index in [-0.39, 0.29) is 90.3 Å². The van der Waals surface area contributed by atoms with Crippen LogP contribution in [0.2, 0.25) is 0 Å². The van der Waals surface area contributed by atoms with Crippen LogP contribution >= 0.6 is 0 Å². The average Bonchev–Trinajstić information content (AvgIpc) is 3.68. The lowest BCUT2D eigenvalue weighted by Crippen LogP contribution is -2.73. The molecule has 9 N–H and O–H groups in total. The van der Waals surface area contributed by atoms with Crippen molar-refractivity contribution in [2.75, 3.05) is 0 Å². The maximum absolute atomic E-state index is 12.8. The van der Waals surface area contributed by atoms with Crippen LogP contribution in [0.3, 0.4) is 0 Å². The maximum atomic E-state index is 12.8. The van der Waals surface area contributed by atoms with E-state index in [2.05, 4.69) is 41.5 Å². The number of carbonyl (C=O) groups is 2. The summed E-state index contributed by atoms with van der Waals surface area (Å²) in [7, 11) is 0. The van der Waals surface area contributed by atoms with Gasteiger partial charge in [0.1, 0.15) is 0 Å². The van der Waals surface area contributed by atoms with Crippen LogP contribution < -0.4 is 0 Å². The second-order valence-corrected chi connectivity index (χ2v) is 23.7. The highest BCUT2D eigenvalue weighted by atomic mass is 16.5. The first-order valence-corrected chi connectivity index (χ1v) is 23.7. The van der Waals surface area contributed by atoms with Crippen molar-refractivity contribution in [1.82, 2.24) is 0 Å². The van der Waals surface area contributed by atoms with E-state index in [9.17, 15) is 55.5 Å². The van der Waals surface area contributed by atoms with Gasteiger partial charge in [0, 0.05) is 38.0 Å². The first-order valence-electron chi connectivity index (χ1n) is 23.7. The molecule has 8 aliphatic carbocycles. The third-order valence-electron chi connectivity index (χ3n) is 21.7. The zero-order chi connectivity index (χ0) is 43.0. The second-order valence-electron chi connectivity index (χ2n) is 23.7. The summed E-state index contributed by atoms with van der Waals surface area (Å²) in [6.45, 7) is 13.4. The summed E-state index contributed by atoms with van der Waals surface area (Å²) in [4.78, 5) is 23.1. The predicted molar refractivity (Wildman–Crippen MR) is 219 cm³/mol. The molecular weight excluding hydrogens is 753 g/mol. The predicted octanol–water partition coefficient (Wildman–Crippen LogP) is 6.18. The smallest absolute Gasteiger partial charge is 0.303 e. The normalized spacial score (nSPS) is 53.1. The molecule has 0 aliphatic heterocycles. The van der Waals surface area contributed by atoms with Crippen molar-refractivity contribution in [2.24, 2.45) is 98.1 Å². The van der Waals surface area contributed by atoms with E-state index in [0.717, 1.165) is 38.5 Å². The van der Waals surface area contributed by atoms with Crippen molar-refractivity contribution in [3.63, 3.8) is 0 Å². The summed E-state index contributed by atoms with van der Waals surface area (Å²) in [5.74, 6) is -6.77. The van der Waals surface area contributed by atoms with Crippen molar-refractivity contribution in [2.45, 2.75) is 187 Å². The molecule has 0 saturated heterocycles. The van der Waals surface area contributed by atoms with E-state index in [1.807, 2.05) is 0 Å². The number of hydrogen-bond donors (Lipinski definition) is 9. The van der Waals surface area contributed by atoms with Gasteiger partial charge in [-0.05, 0) is 176 Å². The molecule has 0 aromatic rings. The fourth-order valence-corrected chi connectivity index (χ4v) is 19.2. The third-order valence-corrected chi connectivity index (χ3v) is 21.7. The lowest BCUT2D eigenvalue weighted by molar-refractivity contribution is -0.361. The molecular formula is C48H78O11. The van der Waals surface area contributed by atoms with E-state index in [0.29, 0.717) is 50.9 Å². The van der Waals surface area contributed by atoms with Gasteiger partial charge in [-0.25, -0.2) is 0 Å². The summed E-state index contributed by atoms with van der Waals surface area (Å²) >= 11 is 0. The standard InChI is InChI=1S/C48H78O11/c1-25(7-13-38(52)53)29-9-11-31-40-32(16-17-42(29,31)3)43(4)18-15-28(49)22-46(43,23-35(40)50)36-24-47(56,57)20-27-21-48(58,59)41-33-12-10-30(26(2)8-14-39(54)55)45(33,6)37(51)19-34(41)44(27,36)5/h25-37,40-41,49-51,56-59H,7-24H2,1-6H3,(H,52,53)(H,54,55)/t25-,26-,27+,28-,29-,30-,31+,32+,33?,34?,35-,36?,37+,40+,41?,42-,43-,44+,45-,46?/m1/s1. The Balaban J connectivity index is 1.19. The minimum absolute atomic E-state index is 0.0157. The summed E-state index contributed by atoms with van der Waals surface area (Å²) in [6, 6.07) is 0. The van der Waals surface area contributed by atoms with E-state index in [1.165, 1.54) is 0 Å². The molecule has 8 fully saturated rings. The molecule has 11 heteroatoms. The Labute approximate surface area is 351 Å². The highest BCUT2D eigenvalue weighted by molar-refractivity contribution is 5.66. The van der Waals surface area contributed by atoms with Gasteiger partial charge in [0.2, 0.25) is 0 Å². The number of aliphatic hydroxyl groups is 7. The van der Waals surface area contributed by atoms with E-state index >= 15 is 0 Å². The molecule has 0 amide bonds. The van der Waals surface area contributed by atoms with Gasteiger partial charge in [0.15, 0.2) is 11.6 Å².